The molecule has 0 bridgehead atoms. The number of hydrogen-bond donors (Lipinski definition) is 2. The second kappa shape index (κ2) is 2.94. The summed E-state index contributed by atoms with van der Waals surface area (Å²) in [6.07, 6.45) is -0.220. The molecular formula is C6H12O3. The van der Waals surface area contributed by atoms with Gasteiger partial charge in [0.15, 0.2) is 6.29 Å². The molecule has 0 aliphatic rings. The van der Waals surface area contributed by atoms with E-state index in [0.717, 1.165) is 0 Å². The van der Waals surface area contributed by atoms with E-state index in [2.05, 4.69) is 0 Å². The SMILES string of the molecule is CC[C@@H](O)[C@@](C)(O)C=O. The van der Waals surface area contributed by atoms with Gasteiger partial charge in [-0.2, -0.15) is 0 Å². The number of hydrogen-bond acceptors (Lipinski definition) is 3. The number of carbonyl (C=O) groups is 1. The minimum Gasteiger partial charge on any atom is -0.390 e. The Hall–Kier alpha value is -0.410. The molecule has 0 amide bonds. The highest BCUT2D eigenvalue weighted by Gasteiger charge is 2.27. The highest BCUT2D eigenvalue weighted by molar-refractivity contribution is 5.62. The van der Waals surface area contributed by atoms with Gasteiger partial charge in [0, 0.05) is 0 Å². The van der Waals surface area contributed by atoms with Crippen LogP contribution in [0.1, 0.15) is 20.3 Å². The summed E-state index contributed by atoms with van der Waals surface area (Å²) < 4.78 is 0. The molecule has 2 atom stereocenters. The van der Waals surface area contributed by atoms with E-state index in [1.165, 1.54) is 6.92 Å². The van der Waals surface area contributed by atoms with E-state index in [9.17, 15) is 4.79 Å². The first-order chi connectivity index (χ1) is 4.04. The number of carbonyl (C=O) groups excluding carboxylic acids is 1. The molecule has 0 spiro atoms. The molecular weight excluding hydrogens is 120 g/mol. The summed E-state index contributed by atoms with van der Waals surface area (Å²) in [5, 5.41) is 17.9. The lowest BCUT2D eigenvalue weighted by atomic mass is 9.99. The number of aliphatic hydroxyl groups is 2. The fourth-order valence-electron chi connectivity index (χ4n) is 0.492. The third-order valence-corrected chi connectivity index (χ3v) is 1.30. The molecule has 2 N–H and O–H groups in total. The average Bonchev–Trinajstić information content (AvgIpc) is 1.86. The van der Waals surface area contributed by atoms with Gasteiger partial charge in [-0.25, -0.2) is 0 Å². The Morgan fingerprint density at radius 3 is 2.33 bits per heavy atom. The molecule has 0 heterocycles. The normalized spacial score (nSPS) is 20.4. The first kappa shape index (κ1) is 8.59. The van der Waals surface area contributed by atoms with Crippen molar-refractivity contribution in [1.82, 2.24) is 0 Å². The highest BCUT2D eigenvalue weighted by Crippen LogP contribution is 2.08. The van der Waals surface area contributed by atoms with E-state index >= 15 is 0 Å². The molecule has 0 aliphatic carbocycles. The van der Waals surface area contributed by atoms with E-state index in [1.807, 2.05) is 0 Å². The number of rotatable bonds is 3. The zero-order valence-corrected chi connectivity index (χ0v) is 5.66. The van der Waals surface area contributed by atoms with Crippen LogP contribution in [-0.4, -0.2) is 28.2 Å². The maximum atomic E-state index is 10.0. The third kappa shape index (κ3) is 2.11. The summed E-state index contributed by atoms with van der Waals surface area (Å²) >= 11 is 0. The van der Waals surface area contributed by atoms with E-state index in [4.69, 9.17) is 10.2 Å². The first-order valence-corrected chi connectivity index (χ1v) is 2.91. The summed E-state index contributed by atoms with van der Waals surface area (Å²) in [5.74, 6) is 0. The molecule has 0 aromatic heterocycles. The molecule has 0 aliphatic heterocycles. The average molecular weight is 132 g/mol. The molecule has 0 radical (unpaired) electrons. The van der Waals surface area contributed by atoms with E-state index in [1.54, 1.807) is 6.92 Å². The number of aldehydes is 1. The quantitative estimate of drug-likeness (QED) is 0.519. The summed E-state index contributed by atoms with van der Waals surface area (Å²) in [4.78, 5) is 10.0. The molecule has 3 heteroatoms. The lowest BCUT2D eigenvalue weighted by Gasteiger charge is -2.20. The predicted molar refractivity (Wildman–Crippen MR) is 33.0 cm³/mol. The lowest BCUT2D eigenvalue weighted by Crippen LogP contribution is -2.40. The van der Waals surface area contributed by atoms with Crippen molar-refractivity contribution >= 4 is 6.29 Å². The Bertz CT molecular complexity index is 98.5. The molecule has 0 rings (SSSR count). The second-order valence-corrected chi connectivity index (χ2v) is 2.27. The lowest BCUT2D eigenvalue weighted by molar-refractivity contribution is -0.133. The van der Waals surface area contributed by atoms with Crippen LogP contribution in [0.15, 0.2) is 0 Å². The van der Waals surface area contributed by atoms with Crippen molar-refractivity contribution < 1.29 is 15.0 Å². The van der Waals surface area contributed by atoms with Crippen molar-refractivity contribution in [1.29, 1.82) is 0 Å². The van der Waals surface area contributed by atoms with Crippen LogP contribution in [0, 0.1) is 0 Å². The van der Waals surface area contributed by atoms with Gasteiger partial charge in [-0.3, -0.25) is 0 Å². The van der Waals surface area contributed by atoms with Crippen LogP contribution in [-0.2, 0) is 4.79 Å². The molecule has 54 valence electrons. The Morgan fingerprint density at radius 1 is 1.78 bits per heavy atom. The standard InChI is InChI=1S/C6H12O3/c1-3-5(8)6(2,9)4-7/h4-5,8-9H,3H2,1-2H3/t5-,6+/m1/s1. The van der Waals surface area contributed by atoms with Crippen LogP contribution < -0.4 is 0 Å². The van der Waals surface area contributed by atoms with Gasteiger partial charge in [0.05, 0.1) is 6.10 Å². The molecule has 0 saturated heterocycles. The van der Waals surface area contributed by atoms with Gasteiger partial charge in [-0.15, -0.1) is 0 Å². The van der Waals surface area contributed by atoms with Gasteiger partial charge in [0.2, 0.25) is 0 Å². The van der Waals surface area contributed by atoms with Crippen LogP contribution in [0.4, 0.5) is 0 Å². The van der Waals surface area contributed by atoms with Crippen molar-refractivity contribution in [2.24, 2.45) is 0 Å². The Morgan fingerprint density at radius 2 is 2.22 bits per heavy atom. The van der Waals surface area contributed by atoms with Crippen molar-refractivity contribution in [2.75, 3.05) is 0 Å². The fourth-order valence-corrected chi connectivity index (χ4v) is 0.492. The maximum Gasteiger partial charge on any atom is 0.153 e. The van der Waals surface area contributed by atoms with Crippen molar-refractivity contribution in [3.63, 3.8) is 0 Å². The fraction of sp³-hybridized carbons (Fsp3) is 0.833. The second-order valence-electron chi connectivity index (χ2n) is 2.27. The predicted octanol–water partition coefficient (Wildman–Crippen LogP) is -0.293. The Kier molecular flexibility index (Phi) is 2.81. The third-order valence-electron chi connectivity index (χ3n) is 1.30. The molecule has 9 heavy (non-hydrogen) atoms. The van der Waals surface area contributed by atoms with Crippen LogP contribution in [0.25, 0.3) is 0 Å². The van der Waals surface area contributed by atoms with Gasteiger partial charge in [0.25, 0.3) is 0 Å². The molecule has 3 nitrogen and oxygen atoms in total. The van der Waals surface area contributed by atoms with E-state index in [-0.39, 0.29) is 0 Å². The van der Waals surface area contributed by atoms with Crippen LogP contribution in [0.2, 0.25) is 0 Å². The molecule has 0 saturated carbocycles. The largest absolute Gasteiger partial charge is 0.390 e. The molecule has 0 unspecified atom stereocenters. The van der Waals surface area contributed by atoms with Crippen molar-refractivity contribution in [2.45, 2.75) is 32.0 Å². The van der Waals surface area contributed by atoms with E-state index < -0.39 is 11.7 Å². The van der Waals surface area contributed by atoms with Crippen molar-refractivity contribution in [3.8, 4) is 0 Å². The minimum atomic E-state index is -1.57. The Balaban J connectivity index is 3.95. The minimum absolute atomic E-state index is 0.348. The molecule has 0 aromatic carbocycles. The zero-order valence-electron chi connectivity index (χ0n) is 5.66. The van der Waals surface area contributed by atoms with Crippen molar-refractivity contribution in [3.05, 3.63) is 0 Å². The molecule has 0 aromatic rings. The van der Waals surface area contributed by atoms with Gasteiger partial charge in [-0.05, 0) is 13.3 Å². The highest BCUT2D eigenvalue weighted by atomic mass is 16.3. The van der Waals surface area contributed by atoms with Gasteiger partial charge < -0.3 is 15.0 Å². The van der Waals surface area contributed by atoms with Crippen LogP contribution >= 0.6 is 0 Å². The summed E-state index contributed by atoms with van der Waals surface area (Å²) in [6, 6.07) is 0. The molecule has 0 fully saturated rings. The van der Waals surface area contributed by atoms with Crippen LogP contribution in [0.5, 0.6) is 0 Å². The smallest absolute Gasteiger partial charge is 0.153 e. The summed E-state index contributed by atoms with van der Waals surface area (Å²) in [7, 11) is 0. The number of aliphatic hydroxyl groups excluding tert-OH is 1. The monoisotopic (exact) mass is 132 g/mol. The summed E-state index contributed by atoms with van der Waals surface area (Å²) in [6.45, 7) is 2.98. The topological polar surface area (TPSA) is 57.5 Å². The maximum absolute atomic E-state index is 10.0. The van der Waals surface area contributed by atoms with Gasteiger partial charge >= 0.3 is 0 Å². The Labute approximate surface area is 54.3 Å². The zero-order chi connectivity index (χ0) is 7.49. The van der Waals surface area contributed by atoms with E-state index in [0.29, 0.717) is 12.7 Å². The van der Waals surface area contributed by atoms with Crippen LogP contribution in [0.3, 0.4) is 0 Å². The summed E-state index contributed by atoms with van der Waals surface area (Å²) in [5.41, 5.74) is -1.57. The first-order valence-electron chi connectivity index (χ1n) is 2.91. The van der Waals surface area contributed by atoms with Gasteiger partial charge in [0.1, 0.15) is 5.60 Å². The van der Waals surface area contributed by atoms with Gasteiger partial charge in [-0.1, -0.05) is 6.92 Å².